The zero-order valence-corrected chi connectivity index (χ0v) is 12.0. The molecule has 1 aliphatic rings. The van der Waals surface area contributed by atoms with E-state index in [2.05, 4.69) is 15.3 Å². The Morgan fingerprint density at radius 2 is 2.20 bits per heavy atom. The van der Waals surface area contributed by atoms with Crippen LogP contribution >= 0.6 is 0 Å². The minimum absolute atomic E-state index is 0.0645. The Bertz CT molecular complexity index is 485. The molecule has 0 radical (unpaired) electrons. The minimum atomic E-state index is -0.408. The predicted octanol–water partition coefficient (Wildman–Crippen LogP) is 1.68. The molecule has 0 aromatic carbocycles. The van der Waals surface area contributed by atoms with Crippen LogP contribution in [0.3, 0.4) is 0 Å². The van der Waals surface area contributed by atoms with Crippen LogP contribution in [0.25, 0.3) is 0 Å². The van der Waals surface area contributed by atoms with Gasteiger partial charge in [-0.25, -0.2) is 14.8 Å². The lowest BCUT2D eigenvalue weighted by atomic mass is 9.99. The third-order valence-corrected chi connectivity index (χ3v) is 3.71. The number of hydrogen-bond donors (Lipinski definition) is 2. The van der Waals surface area contributed by atoms with Crippen molar-refractivity contribution in [3.8, 4) is 0 Å². The maximum Gasteiger partial charge on any atom is 0.341 e. The molecule has 1 aromatic rings. The second-order valence-corrected chi connectivity index (χ2v) is 5.18. The molecule has 0 bridgehead atoms. The molecule has 1 saturated carbocycles. The SMILES string of the molecule is CCOC(=O)c1cnc(NC2(CO)CCCC2)nc1C. The number of aliphatic hydroxyl groups is 1. The molecular weight excluding hydrogens is 258 g/mol. The van der Waals surface area contributed by atoms with Gasteiger partial charge in [-0.2, -0.15) is 0 Å². The minimum Gasteiger partial charge on any atom is -0.462 e. The molecule has 0 spiro atoms. The van der Waals surface area contributed by atoms with Crippen molar-refractivity contribution in [3.05, 3.63) is 17.5 Å². The lowest BCUT2D eigenvalue weighted by Crippen LogP contribution is -2.39. The number of carbonyl (C=O) groups excluding carboxylic acids is 1. The number of rotatable bonds is 5. The van der Waals surface area contributed by atoms with Crippen molar-refractivity contribution < 1.29 is 14.6 Å². The number of esters is 1. The Morgan fingerprint density at radius 1 is 1.50 bits per heavy atom. The van der Waals surface area contributed by atoms with Crippen LogP contribution in [0.4, 0.5) is 5.95 Å². The summed E-state index contributed by atoms with van der Waals surface area (Å²) in [6.07, 6.45) is 5.47. The van der Waals surface area contributed by atoms with E-state index in [1.54, 1.807) is 13.8 Å². The molecule has 1 aliphatic carbocycles. The normalized spacial score (nSPS) is 16.9. The smallest absolute Gasteiger partial charge is 0.341 e. The Hall–Kier alpha value is -1.69. The Kier molecular flexibility index (Phi) is 4.54. The fraction of sp³-hybridized carbons (Fsp3) is 0.643. The summed E-state index contributed by atoms with van der Waals surface area (Å²) in [5, 5.41) is 12.8. The van der Waals surface area contributed by atoms with Crippen molar-refractivity contribution in [1.82, 2.24) is 9.97 Å². The van der Waals surface area contributed by atoms with Gasteiger partial charge < -0.3 is 15.2 Å². The van der Waals surface area contributed by atoms with Crippen LogP contribution in [0, 0.1) is 6.92 Å². The molecule has 6 heteroatoms. The van der Waals surface area contributed by atoms with Crippen molar-refractivity contribution in [1.29, 1.82) is 0 Å². The highest BCUT2D eigenvalue weighted by atomic mass is 16.5. The van der Waals surface area contributed by atoms with Gasteiger partial charge in [-0.15, -0.1) is 0 Å². The van der Waals surface area contributed by atoms with Gasteiger partial charge in [0, 0.05) is 6.20 Å². The fourth-order valence-electron chi connectivity index (χ4n) is 2.55. The molecule has 6 nitrogen and oxygen atoms in total. The van der Waals surface area contributed by atoms with E-state index in [0.717, 1.165) is 25.7 Å². The van der Waals surface area contributed by atoms with Crippen molar-refractivity contribution in [2.45, 2.75) is 45.1 Å². The van der Waals surface area contributed by atoms with Crippen LogP contribution in [-0.2, 0) is 4.74 Å². The Morgan fingerprint density at radius 3 is 2.75 bits per heavy atom. The second-order valence-electron chi connectivity index (χ2n) is 5.18. The number of nitrogens with one attached hydrogen (secondary N) is 1. The standard InChI is InChI=1S/C14H21N3O3/c1-3-20-12(19)11-8-15-13(16-10(11)2)17-14(9-18)6-4-5-7-14/h8,18H,3-7,9H2,1-2H3,(H,15,16,17). The molecule has 110 valence electrons. The van der Waals surface area contributed by atoms with Crippen molar-refractivity contribution in [2.24, 2.45) is 0 Å². The molecule has 2 rings (SSSR count). The molecule has 0 amide bonds. The van der Waals surface area contributed by atoms with E-state index in [-0.39, 0.29) is 12.1 Å². The molecule has 0 saturated heterocycles. The van der Waals surface area contributed by atoms with Crippen LogP contribution in [0.1, 0.15) is 48.7 Å². The fourth-order valence-corrected chi connectivity index (χ4v) is 2.55. The number of aliphatic hydroxyl groups excluding tert-OH is 1. The quantitative estimate of drug-likeness (QED) is 0.798. The number of hydrogen-bond acceptors (Lipinski definition) is 6. The topological polar surface area (TPSA) is 84.3 Å². The van der Waals surface area contributed by atoms with E-state index >= 15 is 0 Å². The lowest BCUT2D eigenvalue weighted by Gasteiger charge is -2.28. The second kappa shape index (κ2) is 6.17. The average molecular weight is 279 g/mol. The van der Waals surface area contributed by atoms with E-state index in [1.807, 2.05) is 0 Å². The summed E-state index contributed by atoms with van der Waals surface area (Å²) in [5.41, 5.74) is 0.631. The van der Waals surface area contributed by atoms with Crippen LogP contribution in [-0.4, -0.2) is 39.8 Å². The first-order valence-corrected chi connectivity index (χ1v) is 7.00. The largest absolute Gasteiger partial charge is 0.462 e. The van der Waals surface area contributed by atoms with Gasteiger partial charge in [0.15, 0.2) is 0 Å². The van der Waals surface area contributed by atoms with Gasteiger partial charge in [-0.3, -0.25) is 0 Å². The van der Waals surface area contributed by atoms with E-state index in [9.17, 15) is 9.90 Å². The number of anilines is 1. The summed E-state index contributed by atoms with van der Waals surface area (Å²) in [7, 11) is 0. The Balaban J connectivity index is 2.14. The molecule has 0 unspecified atom stereocenters. The summed E-state index contributed by atoms with van der Waals surface area (Å²) in [4.78, 5) is 20.1. The van der Waals surface area contributed by atoms with Crippen molar-refractivity contribution >= 4 is 11.9 Å². The van der Waals surface area contributed by atoms with Gasteiger partial charge in [0.1, 0.15) is 0 Å². The monoisotopic (exact) mass is 279 g/mol. The summed E-state index contributed by atoms with van der Waals surface area (Å²) in [6, 6.07) is 0. The molecule has 0 aliphatic heterocycles. The number of aromatic nitrogens is 2. The number of nitrogens with zero attached hydrogens (tertiary/aromatic N) is 2. The van der Waals surface area contributed by atoms with Gasteiger partial charge in [-0.1, -0.05) is 12.8 Å². The van der Waals surface area contributed by atoms with Crippen LogP contribution in [0.2, 0.25) is 0 Å². The van der Waals surface area contributed by atoms with Crippen LogP contribution < -0.4 is 5.32 Å². The summed E-state index contributed by atoms with van der Waals surface area (Å²) in [5.74, 6) is 0.0424. The van der Waals surface area contributed by atoms with Gasteiger partial charge >= 0.3 is 5.97 Å². The first-order chi connectivity index (χ1) is 9.60. The zero-order chi connectivity index (χ0) is 14.6. The third kappa shape index (κ3) is 3.07. The van der Waals surface area contributed by atoms with E-state index in [0.29, 0.717) is 23.8 Å². The maximum absolute atomic E-state index is 11.7. The van der Waals surface area contributed by atoms with Crippen molar-refractivity contribution in [3.63, 3.8) is 0 Å². The number of carbonyl (C=O) groups is 1. The highest BCUT2D eigenvalue weighted by Gasteiger charge is 2.33. The van der Waals surface area contributed by atoms with Gasteiger partial charge in [0.25, 0.3) is 0 Å². The van der Waals surface area contributed by atoms with Gasteiger partial charge in [0.2, 0.25) is 5.95 Å². The van der Waals surface area contributed by atoms with Crippen molar-refractivity contribution in [2.75, 3.05) is 18.5 Å². The molecule has 1 fully saturated rings. The summed E-state index contributed by atoms with van der Waals surface area (Å²) in [6.45, 7) is 3.90. The number of ether oxygens (including phenoxy) is 1. The zero-order valence-electron chi connectivity index (χ0n) is 12.0. The Labute approximate surface area is 118 Å². The number of aryl methyl sites for hydroxylation is 1. The van der Waals surface area contributed by atoms with Gasteiger partial charge in [-0.05, 0) is 26.7 Å². The molecule has 2 N–H and O–H groups in total. The molecular formula is C14H21N3O3. The molecule has 20 heavy (non-hydrogen) atoms. The highest BCUT2D eigenvalue weighted by Crippen LogP contribution is 2.31. The maximum atomic E-state index is 11.7. The first kappa shape index (κ1) is 14.7. The van der Waals surface area contributed by atoms with Gasteiger partial charge in [0.05, 0.1) is 30.0 Å². The molecule has 1 heterocycles. The average Bonchev–Trinajstić information content (AvgIpc) is 2.88. The lowest BCUT2D eigenvalue weighted by molar-refractivity contribution is 0.0524. The van der Waals surface area contributed by atoms with E-state index in [1.165, 1.54) is 6.20 Å². The van der Waals surface area contributed by atoms with Crippen LogP contribution in [0.5, 0.6) is 0 Å². The summed E-state index contributed by atoms with van der Waals surface area (Å²) < 4.78 is 4.94. The molecule has 1 aromatic heterocycles. The van der Waals surface area contributed by atoms with E-state index < -0.39 is 5.97 Å². The third-order valence-electron chi connectivity index (χ3n) is 3.71. The summed E-state index contributed by atoms with van der Waals surface area (Å²) >= 11 is 0. The molecule has 0 atom stereocenters. The van der Waals surface area contributed by atoms with Crippen LogP contribution in [0.15, 0.2) is 6.20 Å². The first-order valence-electron chi connectivity index (χ1n) is 7.00. The van der Waals surface area contributed by atoms with E-state index in [4.69, 9.17) is 4.74 Å². The highest BCUT2D eigenvalue weighted by molar-refractivity contribution is 5.90. The predicted molar refractivity (Wildman–Crippen MR) is 74.6 cm³/mol.